The van der Waals surface area contributed by atoms with Gasteiger partial charge in [-0.25, -0.2) is 0 Å². The largest absolute Gasteiger partial charge is 0.756 e. The zero-order valence-electron chi connectivity index (χ0n) is 44.6. The number of allylic oxidation sites excluding steroid dienone is 9. The molecule has 0 aromatic rings. The molecule has 2 N–H and O–H groups in total. The smallest absolute Gasteiger partial charge is 0.268 e. The summed E-state index contributed by atoms with van der Waals surface area (Å²) in [4.78, 5) is 25.5. The number of unbranched alkanes of at least 4 members (excludes halogenated alkanes) is 30. The number of nitrogens with one attached hydrogen (secondary N) is 1. The molecule has 67 heavy (non-hydrogen) atoms. The van der Waals surface area contributed by atoms with Gasteiger partial charge in [0.05, 0.1) is 39.9 Å². The summed E-state index contributed by atoms with van der Waals surface area (Å²) in [5.74, 6) is -0.211. The Bertz CT molecular complexity index is 1270. The number of rotatable bonds is 51. The molecular weight excluding hydrogens is 852 g/mol. The Morgan fingerprint density at radius 3 is 1.31 bits per heavy atom. The van der Waals surface area contributed by atoms with Gasteiger partial charge in [-0.2, -0.15) is 0 Å². The zero-order chi connectivity index (χ0) is 49.2. The van der Waals surface area contributed by atoms with Crippen molar-refractivity contribution >= 4 is 13.7 Å². The van der Waals surface area contributed by atoms with Crippen LogP contribution >= 0.6 is 7.82 Å². The molecule has 1 amide bonds. The van der Waals surface area contributed by atoms with E-state index in [-0.39, 0.29) is 12.5 Å². The van der Waals surface area contributed by atoms with Crippen molar-refractivity contribution in [3.8, 4) is 0 Å². The van der Waals surface area contributed by atoms with Gasteiger partial charge in [0, 0.05) is 6.42 Å². The molecule has 9 heteroatoms. The third kappa shape index (κ3) is 51.9. The van der Waals surface area contributed by atoms with Crippen LogP contribution in [0, 0.1) is 0 Å². The Labute approximate surface area is 415 Å². The molecule has 0 aromatic carbocycles. The highest BCUT2D eigenvalue weighted by Crippen LogP contribution is 2.38. The van der Waals surface area contributed by atoms with E-state index < -0.39 is 26.6 Å². The van der Waals surface area contributed by atoms with E-state index in [1.54, 1.807) is 6.08 Å². The van der Waals surface area contributed by atoms with Crippen molar-refractivity contribution < 1.29 is 32.9 Å². The number of carbonyl (C=O) groups is 1. The molecule has 0 saturated carbocycles. The molecule has 0 rings (SSSR count). The molecule has 0 fully saturated rings. The van der Waals surface area contributed by atoms with E-state index >= 15 is 0 Å². The summed E-state index contributed by atoms with van der Waals surface area (Å²) in [6.45, 7) is 4.63. The predicted octanol–water partition coefficient (Wildman–Crippen LogP) is 16.3. The van der Waals surface area contributed by atoms with Gasteiger partial charge in [0.25, 0.3) is 7.82 Å². The van der Waals surface area contributed by atoms with Crippen molar-refractivity contribution in [3.63, 3.8) is 0 Å². The van der Waals surface area contributed by atoms with E-state index in [1.165, 1.54) is 180 Å². The van der Waals surface area contributed by atoms with E-state index in [2.05, 4.69) is 67.8 Å². The molecule has 0 spiro atoms. The average Bonchev–Trinajstić information content (AvgIpc) is 3.29. The number of aliphatic hydroxyl groups excluding tert-OH is 1. The molecule has 3 unspecified atom stereocenters. The first-order valence-electron chi connectivity index (χ1n) is 28.2. The van der Waals surface area contributed by atoms with Crippen molar-refractivity contribution in [1.82, 2.24) is 5.32 Å². The lowest BCUT2D eigenvalue weighted by Gasteiger charge is -2.29. The minimum Gasteiger partial charge on any atom is -0.756 e. The number of aliphatic hydroxyl groups is 1. The summed E-state index contributed by atoms with van der Waals surface area (Å²) in [5.41, 5.74) is 0. The lowest BCUT2D eigenvalue weighted by Crippen LogP contribution is -2.45. The summed E-state index contributed by atoms with van der Waals surface area (Å²) in [6.07, 6.45) is 65.7. The fourth-order valence-electron chi connectivity index (χ4n) is 8.00. The third-order valence-corrected chi connectivity index (χ3v) is 13.4. The fourth-order valence-corrected chi connectivity index (χ4v) is 8.72. The van der Waals surface area contributed by atoms with Crippen molar-refractivity contribution in [2.45, 2.75) is 264 Å². The second-order valence-electron chi connectivity index (χ2n) is 20.3. The first kappa shape index (κ1) is 65.2. The maximum Gasteiger partial charge on any atom is 0.268 e. The van der Waals surface area contributed by atoms with Crippen LogP contribution in [-0.2, 0) is 18.4 Å². The molecule has 0 saturated heterocycles. The Kier molecular flexibility index (Phi) is 47.9. The highest BCUT2D eigenvalue weighted by atomic mass is 31.2. The molecule has 0 aliphatic carbocycles. The van der Waals surface area contributed by atoms with Crippen LogP contribution in [-0.4, -0.2) is 68.5 Å². The van der Waals surface area contributed by atoms with E-state index in [0.29, 0.717) is 17.4 Å². The Morgan fingerprint density at radius 1 is 0.522 bits per heavy atom. The number of quaternary nitrogens is 1. The van der Waals surface area contributed by atoms with Gasteiger partial charge in [0.15, 0.2) is 0 Å². The topological polar surface area (TPSA) is 108 Å². The molecule has 0 aliphatic heterocycles. The van der Waals surface area contributed by atoms with Crippen molar-refractivity contribution in [3.05, 3.63) is 60.8 Å². The van der Waals surface area contributed by atoms with E-state index in [4.69, 9.17) is 9.05 Å². The van der Waals surface area contributed by atoms with Gasteiger partial charge in [0.1, 0.15) is 13.2 Å². The van der Waals surface area contributed by atoms with Gasteiger partial charge in [-0.1, -0.05) is 235 Å². The zero-order valence-corrected chi connectivity index (χ0v) is 45.5. The number of carbonyl (C=O) groups excluding carboxylic acids is 1. The molecule has 8 nitrogen and oxygen atoms in total. The summed E-state index contributed by atoms with van der Waals surface area (Å²) < 4.78 is 23.3. The second-order valence-corrected chi connectivity index (χ2v) is 21.7. The van der Waals surface area contributed by atoms with E-state index in [9.17, 15) is 19.4 Å². The number of phosphoric ester groups is 1. The van der Waals surface area contributed by atoms with Crippen LogP contribution in [0.4, 0.5) is 0 Å². The first-order chi connectivity index (χ1) is 32.5. The number of hydrogen-bond donors (Lipinski definition) is 2. The number of nitrogens with zero attached hydrogens (tertiary/aromatic N) is 1. The molecule has 0 radical (unpaired) electrons. The van der Waals surface area contributed by atoms with E-state index in [0.717, 1.165) is 51.4 Å². The summed E-state index contributed by atoms with van der Waals surface area (Å²) in [5, 5.41) is 13.9. The summed E-state index contributed by atoms with van der Waals surface area (Å²) >= 11 is 0. The second kappa shape index (κ2) is 49.2. The molecule has 0 aromatic heterocycles. The molecule has 0 aliphatic rings. The number of hydrogen-bond acceptors (Lipinski definition) is 6. The maximum absolute atomic E-state index is 13.0. The molecule has 392 valence electrons. The van der Waals surface area contributed by atoms with Gasteiger partial charge >= 0.3 is 0 Å². The van der Waals surface area contributed by atoms with Crippen LogP contribution in [0.5, 0.6) is 0 Å². The van der Waals surface area contributed by atoms with Crippen LogP contribution in [0.25, 0.3) is 0 Å². The lowest BCUT2D eigenvalue weighted by molar-refractivity contribution is -0.870. The molecule has 0 bridgehead atoms. The van der Waals surface area contributed by atoms with Gasteiger partial charge in [-0.3, -0.25) is 9.36 Å². The lowest BCUT2D eigenvalue weighted by atomic mass is 10.0. The molecular formula is C58H109N2O6P. The van der Waals surface area contributed by atoms with E-state index in [1.807, 2.05) is 27.2 Å². The Hall–Kier alpha value is -1.80. The summed E-state index contributed by atoms with van der Waals surface area (Å²) in [6, 6.07) is -0.908. The maximum atomic E-state index is 13.0. The quantitative estimate of drug-likeness (QED) is 0.0272. The first-order valence-corrected chi connectivity index (χ1v) is 29.6. The summed E-state index contributed by atoms with van der Waals surface area (Å²) in [7, 11) is 1.24. The van der Waals surface area contributed by atoms with Gasteiger partial charge in [-0.05, 0) is 70.6 Å². The van der Waals surface area contributed by atoms with Crippen molar-refractivity contribution in [1.29, 1.82) is 0 Å². The number of phosphoric acid groups is 1. The molecule has 0 heterocycles. The number of likely N-dealkylation sites (N-methyl/N-ethyl adjacent to an activating group) is 1. The Morgan fingerprint density at radius 2 is 0.881 bits per heavy atom. The number of amides is 1. The SMILES string of the molecule is CCCCCCC/C=C\C/C=C\C/C=C\CCCCCCCCCCCCC(=O)NC(COP(=O)([O-])OCC[N+](C)(C)C)C(O)/C=C/CC/C=C/CCCCCCCCCCCCCCCC. The monoisotopic (exact) mass is 961 g/mol. The van der Waals surface area contributed by atoms with Crippen LogP contribution in [0.1, 0.15) is 251 Å². The highest BCUT2D eigenvalue weighted by molar-refractivity contribution is 7.45. The van der Waals surface area contributed by atoms with Gasteiger partial charge in [-0.15, -0.1) is 0 Å². The van der Waals surface area contributed by atoms with Crippen molar-refractivity contribution in [2.75, 3.05) is 40.9 Å². The average molecular weight is 961 g/mol. The van der Waals surface area contributed by atoms with Crippen LogP contribution in [0.2, 0.25) is 0 Å². The Balaban J connectivity index is 4.29. The van der Waals surface area contributed by atoms with Crippen LogP contribution in [0.3, 0.4) is 0 Å². The predicted molar refractivity (Wildman–Crippen MR) is 288 cm³/mol. The minimum atomic E-state index is -4.61. The van der Waals surface area contributed by atoms with Crippen LogP contribution in [0.15, 0.2) is 60.8 Å². The van der Waals surface area contributed by atoms with Gasteiger partial charge in [0.2, 0.25) is 5.91 Å². The van der Waals surface area contributed by atoms with Crippen LogP contribution < -0.4 is 10.2 Å². The normalized spacial score (nSPS) is 14.4. The minimum absolute atomic E-state index is 0.00886. The fraction of sp³-hybridized carbons (Fsp3) is 0.810. The van der Waals surface area contributed by atoms with Crippen molar-refractivity contribution in [2.24, 2.45) is 0 Å². The third-order valence-electron chi connectivity index (χ3n) is 12.4. The highest BCUT2D eigenvalue weighted by Gasteiger charge is 2.23. The molecule has 3 atom stereocenters. The van der Waals surface area contributed by atoms with Gasteiger partial charge < -0.3 is 28.8 Å². The standard InChI is InChI=1S/C58H109N2O6P/c1-6-8-10-12-14-16-18-20-22-24-26-28-29-30-31-32-34-36-38-40-42-44-46-48-50-52-58(62)59-56(55-66-67(63,64)65-54-53-60(3,4)5)57(61)51-49-47-45-43-41-39-37-35-33-27-25-23-21-19-17-15-13-11-9-7-2/h18,20,24,26,29-30,41,43,49,51,56-57,61H,6-17,19,21-23,25,27-28,31-40,42,44-48,50,52-55H2,1-5H3,(H-,59,62,63,64)/b20-18-,26-24-,30-29-,43-41+,51-49+.